The van der Waals surface area contributed by atoms with Crippen molar-refractivity contribution in [2.24, 2.45) is 0 Å². The van der Waals surface area contributed by atoms with Crippen LogP contribution in [0.15, 0.2) is 18.2 Å². The standard InChI is InChI=1S/C12H16N4O3.ClH/c1-8-7-14-5-6-15(8)12(17)9-3-2-4-10(11(9)13)16(18)19;/h2-4,8,14H,5-7,13H2,1H3;1H/t8-;/m1./s1. The van der Waals surface area contributed by atoms with Gasteiger partial charge in [0.25, 0.3) is 11.6 Å². The number of hydrogen-bond donors (Lipinski definition) is 2. The van der Waals surface area contributed by atoms with Crippen molar-refractivity contribution in [3.63, 3.8) is 0 Å². The molecule has 0 bridgehead atoms. The first-order valence-electron chi connectivity index (χ1n) is 6.07. The van der Waals surface area contributed by atoms with Crippen molar-refractivity contribution in [3.05, 3.63) is 33.9 Å². The number of nitrogens with one attached hydrogen (secondary N) is 1. The Morgan fingerprint density at radius 2 is 2.25 bits per heavy atom. The average Bonchev–Trinajstić information content (AvgIpc) is 2.38. The smallest absolute Gasteiger partial charge is 0.292 e. The van der Waals surface area contributed by atoms with Gasteiger partial charge in [-0.1, -0.05) is 6.07 Å². The summed E-state index contributed by atoms with van der Waals surface area (Å²) in [5.41, 5.74) is 5.64. The zero-order valence-corrected chi connectivity index (χ0v) is 11.9. The summed E-state index contributed by atoms with van der Waals surface area (Å²) in [6.45, 7) is 3.92. The number of carbonyl (C=O) groups excluding carboxylic acids is 1. The lowest BCUT2D eigenvalue weighted by Crippen LogP contribution is -2.52. The highest BCUT2D eigenvalue weighted by Gasteiger charge is 2.27. The molecule has 8 heteroatoms. The highest BCUT2D eigenvalue weighted by molar-refractivity contribution is 6.01. The molecule has 7 nitrogen and oxygen atoms in total. The summed E-state index contributed by atoms with van der Waals surface area (Å²) in [5.74, 6) is -0.254. The van der Waals surface area contributed by atoms with Crippen LogP contribution in [0, 0.1) is 10.1 Å². The lowest BCUT2D eigenvalue weighted by molar-refractivity contribution is -0.383. The van der Waals surface area contributed by atoms with Gasteiger partial charge in [0, 0.05) is 31.7 Å². The van der Waals surface area contributed by atoms with Crippen molar-refractivity contribution < 1.29 is 9.72 Å². The molecule has 1 aliphatic rings. The van der Waals surface area contributed by atoms with Gasteiger partial charge < -0.3 is 16.0 Å². The Morgan fingerprint density at radius 3 is 2.85 bits per heavy atom. The van der Waals surface area contributed by atoms with E-state index >= 15 is 0 Å². The lowest BCUT2D eigenvalue weighted by atomic mass is 10.1. The van der Waals surface area contributed by atoms with E-state index in [1.165, 1.54) is 18.2 Å². The SMILES string of the molecule is C[C@@H]1CNCCN1C(=O)c1cccc([N+](=O)[O-])c1N.Cl. The van der Waals surface area contributed by atoms with Gasteiger partial charge in [-0.05, 0) is 13.0 Å². The summed E-state index contributed by atoms with van der Waals surface area (Å²) in [7, 11) is 0. The minimum absolute atomic E-state index is 0. The molecule has 1 aromatic carbocycles. The zero-order chi connectivity index (χ0) is 14.0. The molecule has 1 aromatic rings. The van der Waals surface area contributed by atoms with Gasteiger partial charge in [0.05, 0.1) is 10.5 Å². The number of nitrogens with two attached hydrogens (primary N) is 1. The van der Waals surface area contributed by atoms with Gasteiger partial charge in [-0.25, -0.2) is 0 Å². The minimum atomic E-state index is -0.576. The number of nitro benzene ring substituents is 1. The Balaban J connectivity index is 0.00000200. The molecule has 1 saturated heterocycles. The maximum absolute atomic E-state index is 12.4. The van der Waals surface area contributed by atoms with E-state index < -0.39 is 4.92 Å². The fourth-order valence-corrected chi connectivity index (χ4v) is 2.20. The van der Waals surface area contributed by atoms with E-state index in [2.05, 4.69) is 5.32 Å². The topological polar surface area (TPSA) is 102 Å². The number of amides is 1. The summed E-state index contributed by atoms with van der Waals surface area (Å²) in [6.07, 6.45) is 0. The van der Waals surface area contributed by atoms with E-state index in [0.29, 0.717) is 19.6 Å². The molecule has 1 amide bonds. The minimum Gasteiger partial charge on any atom is -0.393 e. The molecule has 0 saturated carbocycles. The van der Waals surface area contributed by atoms with Crippen LogP contribution in [0.5, 0.6) is 0 Å². The number of nitro groups is 1. The highest BCUT2D eigenvalue weighted by atomic mass is 35.5. The summed E-state index contributed by atoms with van der Waals surface area (Å²) in [4.78, 5) is 24.3. The van der Waals surface area contributed by atoms with E-state index in [0.717, 1.165) is 0 Å². The molecule has 1 aliphatic heterocycles. The van der Waals surface area contributed by atoms with Crippen LogP contribution in [-0.2, 0) is 0 Å². The van der Waals surface area contributed by atoms with E-state index in [-0.39, 0.29) is 41.3 Å². The van der Waals surface area contributed by atoms with E-state index in [9.17, 15) is 14.9 Å². The summed E-state index contributed by atoms with van der Waals surface area (Å²) in [6, 6.07) is 4.35. The first-order chi connectivity index (χ1) is 9.02. The van der Waals surface area contributed by atoms with E-state index in [1.807, 2.05) is 6.92 Å². The highest BCUT2D eigenvalue weighted by Crippen LogP contribution is 2.26. The second-order valence-corrected chi connectivity index (χ2v) is 4.55. The zero-order valence-electron chi connectivity index (χ0n) is 11.0. The van der Waals surface area contributed by atoms with Gasteiger partial charge in [-0.3, -0.25) is 14.9 Å². The average molecular weight is 301 g/mol. The lowest BCUT2D eigenvalue weighted by Gasteiger charge is -2.34. The Labute approximate surface area is 122 Å². The van der Waals surface area contributed by atoms with Gasteiger partial charge in [-0.2, -0.15) is 0 Å². The fraction of sp³-hybridized carbons (Fsp3) is 0.417. The second kappa shape index (κ2) is 6.53. The second-order valence-electron chi connectivity index (χ2n) is 4.55. The van der Waals surface area contributed by atoms with Crippen LogP contribution in [0.2, 0.25) is 0 Å². The van der Waals surface area contributed by atoms with Crippen molar-refractivity contribution in [1.82, 2.24) is 10.2 Å². The van der Waals surface area contributed by atoms with Crippen LogP contribution >= 0.6 is 12.4 Å². The van der Waals surface area contributed by atoms with E-state index in [1.54, 1.807) is 4.90 Å². The molecular formula is C12H17ClN4O3. The number of rotatable bonds is 2. The summed E-state index contributed by atoms with van der Waals surface area (Å²) in [5, 5.41) is 14.0. The van der Waals surface area contributed by atoms with Gasteiger partial charge in [0.15, 0.2) is 0 Å². The molecule has 3 N–H and O–H groups in total. The molecule has 0 aromatic heterocycles. The first kappa shape index (κ1) is 16.2. The third kappa shape index (κ3) is 3.00. The molecule has 0 radical (unpaired) electrons. The van der Waals surface area contributed by atoms with Crippen molar-refractivity contribution in [1.29, 1.82) is 0 Å². The summed E-state index contributed by atoms with van der Waals surface area (Å²) < 4.78 is 0. The van der Waals surface area contributed by atoms with E-state index in [4.69, 9.17) is 5.73 Å². The molecule has 0 unspecified atom stereocenters. The van der Waals surface area contributed by atoms with Gasteiger partial charge >= 0.3 is 0 Å². The summed E-state index contributed by atoms with van der Waals surface area (Å²) >= 11 is 0. The van der Waals surface area contributed by atoms with Gasteiger partial charge in [0.2, 0.25) is 0 Å². The van der Waals surface area contributed by atoms with Crippen LogP contribution in [0.25, 0.3) is 0 Å². The third-order valence-corrected chi connectivity index (χ3v) is 3.27. The van der Waals surface area contributed by atoms with Crippen molar-refractivity contribution in [3.8, 4) is 0 Å². The number of para-hydroxylation sites is 1. The fourth-order valence-electron chi connectivity index (χ4n) is 2.20. The van der Waals surface area contributed by atoms with Crippen LogP contribution in [-0.4, -0.2) is 41.4 Å². The Hall–Kier alpha value is -1.86. The van der Waals surface area contributed by atoms with Crippen molar-refractivity contribution in [2.75, 3.05) is 25.4 Å². The molecule has 110 valence electrons. The Kier molecular flexibility index (Phi) is 5.29. The van der Waals surface area contributed by atoms with Crippen LogP contribution in [0.4, 0.5) is 11.4 Å². The monoisotopic (exact) mass is 300 g/mol. The number of nitrogens with zero attached hydrogens (tertiary/aromatic N) is 2. The molecule has 2 rings (SSSR count). The number of anilines is 1. The van der Waals surface area contributed by atoms with Gasteiger partial charge in [-0.15, -0.1) is 12.4 Å². The molecule has 1 atom stereocenters. The molecule has 1 fully saturated rings. The maximum Gasteiger partial charge on any atom is 0.292 e. The maximum atomic E-state index is 12.4. The predicted molar refractivity (Wildman–Crippen MR) is 78.1 cm³/mol. The largest absolute Gasteiger partial charge is 0.393 e. The van der Waals surface area contributed by atoms with Crippen LogP contribution in [0.1, 0.15) is 17.3 Å². The van der Waals surface area contributed by atoms with Crippen molar-refractivity contribution in [2.45, 2.75) is 13.0 Å². The third-order valence-electron chi connectivity index (χ3n) is 3.27. The molecule has 0 aliphatic carbocycles. The predicted octanol–water partition coefficient (Wildman–Crippen LogP) is 1.03. The number of benzene rings is 1. The Bertz CT molecular complexity index is 523. The number of carbonyl (C=O) groups is 1. The quantitative estimate of drug-likeness (QED) is 0.482. The number of halogens is 1. The molecule has 1 heterocycles. The number of piperazine rings is 1. The van der Waals surface area contributed by atoms with Crippen LogP contribution < -0.4 is 11.1 Å². The number of hydrogen-bond acceptors (Lipinski definition) is 5. The van der Waals surface area contributed by atoms with Crippen molar-refractivity contribution >= 4 is 29.7 Å². The first-order valence-corrected chi connectivity index (χ1v) is 6.07. The Morgan fingerprint density at radius 1 is 1.55 bits per heavy atom. The van der Waals surface area contributed by atoms with Gasteiger partial charge in [0.1, 0.15) is 5.69 Å². The molecular weight excluding hydrogens is 284 g/mol. The van der Waals surface area contributed by atoms with Crippen LogP contribution in [0.3, 0.4) is 0 Å². The normalized spacial score (nSPS) is 18.2. The molecule has 20 heavy (non-hydrogen) atoms. The molecule has 0 spiro atoms. The number of nitrogen functional groups attached to an aromatic ring is 1.